The highest BCUT2D eigenvalue weighted by molar-refractivity contribution is 6.10. The molecular formula is C23H24F3N3O6. The van der Waals surface area contributed by atoms with Crippen LogP contribution in [0.15, 0.2) is 42.5 Å². The minimum absolute atomic E-state index is 0.146. The zero-order chi connectivity index (χ0) is 26.0. The number of hydrogen-bond donors (Lipinski definition) is 2. The molecule has 1 aliphatic rings. The molecular weight excluding hydrogens is 471 g/mol. The number of ether oxygens (including phenoxy) is 3. The van der Waals surface area contributed by atoms with Crippen molar-refractivity contribution >= 4 is 17.8 Å². The molecule has 0 radical (unpaired) electrons. The summed E-state index contributed by atoms with van der Waals surface area (Å²) in [5, 5.41) is 3.29. The highest BCUT2D eigenvalue weighted by Crippen LogP contribution is 2.37. The van der Waals surface area contributed by atoms with E-state index in [0.717, 1.165) is 0 Å². The predicted octanol–water partition coefficient (Wildman–Crippen LogP) is 3.23. The number of nitrogens with zero attached hydrogens (tertiary/aromatic N) is 1. The zero-order valence-corrected chi connectivity index (χ0v) is 19.4. The molecule has 0 bridgehead atoms. The molecule has 0 spiro atoms. The van der Waals surface area contributed by atoms with E-state index < -0.39 is 36.2 Å². The number of carbonyl (C=O) groups excluding carboxylic acids is 3. The van der Waals surface area contributed by atoms with E-state index in [0.29, 0.717) is 10.6 Å². The van der Waals surface area contributed by atoms with Crippen LogP contribution in [0.5, 0.6) is 17.2 Å². The van der Waals surface area contributed by atoms with Crippen LogP contribution in [0.25, 0.3) is 0 Å². The van der Waals surface area contributed by atoms with E-state index in [9.17, 15) is 27.6 Å². The fourth-order valence-electron chi connectivity index (χ4n) is 3.52. The van der Waals surface area contributed by atoms with E-state index in [1.54, 1.807) is 30.5 Å². The van der Waals surface area contributed by atoms with E-state index in [1.807, 2.05) is 0 Å². The first-order chi connectivity index (χ1) is 16.4. The van der Waals surface area contributed by atoms with Gasteiger partial charge in [0.1, 0.15) is 5.75 Å². The summed E-state index contributed by atoms with van der Waals surface area (Å²) < 4.78 is 58.3. The summed E-state index contributed by atoms with van der Waals surface area (Å²) in [5.74, 6) is -2.09. The molecule has 1 atom stereocenters. The number of carbonyl (C=O) groups is 3. The maximum atomic E-state index is 14.2. The second-order valence-electron chi connectivity index (χ2n) is 7.87. The Morgan fingerprint density at radius 3 is 2.29 bits per heavy atom. The van der Waals surface area contributed by atoms with Gasteiger partial charge in [0.15, 0.2) is 11.5 Å². The Morgan fingerprint density at radius 1 is 1.09 bits per heavy atom. The Balaban J connectivity index is 1.90. The largest absolute Gasteiger partial charge is 0.493 e. The fourth-order valence-corrected chi connectivity index (χ4v) is 3.52. The van der Waals surface area contributed by atoms with Crippen LogP contribution in [0.2, 0.25) is 0 Å². The minimum atomic E-state index is -5.34. The standard InChI is InChI=1S/C23H24F3N3O6/c1-13(2)35-16-10-8-14(9-11-16)19(30)27-22(23(24,25)26)20(31)29(21(32)28-22)12-15-6-5-7-17(33-3)18(15)34-4/h5-11,13H,12H2,1-4H3,(H,27,30)(H,28,32). The number of urea groups is 1. The van der Waals surface area contributed by atoms with Crippen LogP contribution in [-0.2, 0) is 11.3 Å². The van der Waals surface area contributed by atoms with Crippen molar-refractivity contribution in [3.05, 3.63) is 53.6 Å². The number of halogens is 3. The molecule has 1 heterocycles. The quantitative estimate of drug-likeness (QED) is 0.545. The van der Waals surface area contributed by atoms with E-state index >= 15 is 0 Å². The van der Waals surface area contributed by atoms with Crippen LogP contribution in [0.4, 0.5) is 18.0 Å². The first-order valence-electron chi connectivity index (χ1n) is 10.4. The number of methoxy groups -OCH3 is 2. The number of para-hydroxylation sites is 1. The molecule has 1 saturated heterocycles. The number of hydrogen-bond acceptors (Lipinski definition) is 6. The fraction of sp³-hybridized carbons (Fsp3) is 0.348. The number of nitrogens with one attached hydrogen (secondary N) is 2. The van der Waals surface area contributed by atoms with Crippen LogP contribution < -0.4 is 24.8 Å². The number of amides is 4. The smallest absolute Gasteiger partial charge is 0.440 e. The van der Waals surface area contributed by atoms with E-state index in [4.69, 9.17) is 14.2 Å². The maximum absolute atomic E-state index is 14.2. The molecule has 0 aromatic heterocycles. The number of benzene rings is 2. The van der Waals surface area contributed by atoms with Gasteiger partial charge < -0.3 is 19.5 Å². The molecule has 12 heteroatoms. The van der Waals surface area contributed by atoms with Crippen LogP contribution in [0, 0.1) is 0 Å². The molecule has 0 saturated carbocycles. The molecule has 2 N–H and O–H groups in total. The van der Waals surface area contributed by atoms with Crippen molar-refractivity contribution in [3.8, 4) is 17.2 Å². The first kappa shape index (κ1) is 25.7. The Kier molecular flexibility index (Phi) is 7.13. The Labute approximate surface area is 199 Å². The van der Waals surface area contributed by atoms with Gasteiger partial charge in [0.2, 0.25) is 0 Å². The molecule has 1 aliphatic heterocycles. The maximum Gasteiger partial charge on any atom is 0.440 e. The summed E-state index contributed by atoms with van der Waals surface area (Å²) >= 11 is 0. The lowest BCUT2D eigenvalue weighted by molar-refractivity contribution is -0.200. The average Bonchev–Trinajstić information content (AvgIpc) is 3.03. The topological polar surface area (TPSA) is 106 Å². The van der Waals surface area contributed by atoms with E-state index in [1.165, 1.54) is 50.6 Å². The third kappa shape index (κ3) is 4.96. The molecule has 188 valence electrons. The highest BCUT2D eigenvalue weighted by atomic mass is 19.4. The van der Waals surface area contributed by atoms with Crippen molar-refractivity contribution in [2.24, 2.45) is 0 Å². The zero-order valence-electron chi connectivity index (χ0n) is 19.4. The lowest BCUT2D eigenvalue weighted by atomic mass is 10.1. The molecule has 1 fully saturated rings. The molecule has 35 heavy (non-hydrogen) atoms. The summed E-state index contributed by atoms with van der Waals surface area (Å²) in [6.45, 7) is 3.02. The predicted molar refractivity (Wildman–Crippen MR) is 117 cm³/mol. The second kappa shape index (κ2) is 9.72. The van der Waals surface area contributed by atoms with E-state index in [-0.39, 0.29) is 28.7 Å². The number of imide groups is 1. The van der Waals surface area contributed by atoms with Crippen molar-refractivity contribution in [2.75, 3.05) is 14.2 Å². The molecule has 9 nitrogen and oxygen atoms in total. The summed E-state index contributed by atoms with van der Waals surface area (Å²) in [4.78, 5) is 38.6. The molecule has 2 aromatic carbocycles. The first-order valence-corrected chi connectivity index (χ1v) is 10.4. The van der Waals surface area contributed by atoms with Crippen molar-refractivity contribution < 1.29 is 41.8 Å². The summed E-state index contributed by atoms with van der Waals surface area (Å²) in [5.41, 5.74) is -3.60. The van der Waals surface area contributed by atoms with Crippen LogP contribution in [0.3, 0.4) is 0 Å². The van der Waals surface area contributed by atoms with Crippen LogP contribution in [-0.4, -0.2) is 54.9 Å². The van der Waals surface area contributed by atoms with Crippen molar-refractivity contribution in [1.29, 1.82) is 0 Å². The summed E-state index contributed by atoms with van der Waals surface area (Å²) in [6, 6.07) is 8.52. The van der Waals surface area contributed by atoms with Gasteiger partial charge in [-0.15, -0.1) is 0 Å². The van der Waals surface area contributed by atoms with Gasteiger partial charge >= 0.3 is 12.2 Å². The SMILES string of the molecule is COc1cccc(CN2C(=O)NC(NC(=O)c3ccc(OC(C)C)cc3)(C(F)(F)F)C2=O)c1OC. The van der Waals surface area contributed by atoms with Crippen molar-refractivity contribution in [1.82, 2.24) is 15.5 Å². The van der Waals surface area contributed by atoms with Gasteiger partial charge in [-0.05, 0) is 44.2 Å². The molecule has 1 unspecified atom stereocenters. The van der Waals surface area contributed by atoms with E-state index in [2.05, 4.69) is 0 Å². The molecule has 4 amide bonds. The third-order valence-corrected chi connectivity index (χ3v) is 5.13. The van der Waals surface area contributed by atoms with Crippen molar-refractivity contribution in [3.63, 3.8) is 0 Å². The Bertz CT molecular complexity index is 1120. The van der Waals surface area contributed by atoms with Gasteiger partial charge in [0.25, 0.3) is 17.5 Å². The molecule has 3 rings (SSSR count). The highest BCUT2D eigenvalue weighted by Gasteiger charge is 2.68. The Hall–Kier alpha value is -3.96. The van der Waals surface area contributed by atoms with Gasteiger partial charge in [-0.1, -0.05) is 12.1 Å². The lowest BCUT2D eigenvalue weighted by Crippen LogP contribution is -2.69. The van der Waals surface area contributed by atoms with Gasteiger partial charge in [-0.2, -0.15) is 13.2 Å². The third-order valence-electron chi connectivity index (χ3n) is 5.13. The lowest BCUT2D eigenvalue weighted by Gasteiger charge is -2.30. The van der Waals surface area contributed by atoms with Gasteiger partial charge in [0.05, 0.1) is 26.9 Å². The van der Waals surface area contributed by atoms with Crippen LogP contribution >= 0.6 is 0 Å². The molecule has 2 aromatic rings. The second-order valence-corrected chi connectivity index (χ2v) is 7.87. The number of rotatable bonds is 8. The average molecular weight is 495 g/mol. The molecule has 0 aliphatic carbocycles. The summed E-state index contributed by atoms with van der Waals surface area (Å²) in [7, 11) is 2.67. The van der Waals surface area contributed by atoms with Crippen molar-refractivity contribution in [2.45, 2.75) is 38.3 Å². The summed E-state index contributed by atoms with van der Waals surface area (Å²) in [6.07, 6.45) is -5.49. The van der Waals surface area contributed by atoms with Gasteiger partial charge in [-0.25, -0.2) is 4.79 Å². The normalized spacial score (nSPS) is 17.9. The monoisotopic (exact) mass is 495 g/mol. The minimum Gasteiger partial charge on any atom is -0.493 e. The van der Waals surface area contributed by atoms with Gasteiger partial charge in [0, 0.05) is 11.1 Å². The Morgan fingerprint density at radius 2 is 1.74 bits per heavy atom. The number of alkyl halides is 3. The van der Waals surface area contributed by atoms with Gasteiger partial charge in [-0.3, -0.25) is 19.8 Å². The van der Waals surface area contributed by atoms with Crippen LogP contribution in [0.1, 0.15) is 29.8 Å².